The number of hydrogen-bond donors (Lipinski definition) is 1. The first kappa shape index (κ1) is 36.2. The van der Waals surface area contributed by atoms with Gasteiger partial charge >= 0.3 is 0 Å². The standard InChI is InChI=1S/C36H39ClFN3O6S/c1-36(2,3)39-35(43)31(21-25-9-7-6-8-10-25)40(23-26-11-13-27(37)14-12-26)34(42)24-41(29-17-15-28(38)16-18-29)48(44,45)30-19-20-32(46-4)33(22-30)47-5/h6-20,22,31H,21,23-24H2,1-5H3,(H,39,43)/t31-/m0/s1. The second kappa shape index (κ2) is 15.5. The molecule has 4 aromatic rings. The van der Waals surface area contributed by atoms with Crippen LogP contribution in [0.2, 0.25) is 5.02 Å². The number of carbonyl (C=O) groups is 2. The normalized spacial score (nSPS) is 12.1. The maximum absolute atomic E-state index is 14.6. The van der Waals surface area contributed by atoms with E-state index in [1.165, 1.54) is 49.5 Å². The summed E-state index contributed by atoms with van der Waals surface area (Å²) in [5.41, 5.74) is 0.891. The zero-order chi connectivity index (χ0) is 35.1. The van der Waals surface area contributed by atoms with Gasteiger partial charge in [0.1, 0.15) is 18.4 Å². The fourth-order valence-corrected chi connectivity index (χ4v) is 6.59. The van der Waals surface area contributed by atoms with Gasteiger partial charge < -0.3 is 19.7 Å². The number of rotatable bonds is 13. The molecule has 9 nitrogen and oxygen atoms in total. The van der Waals surface area contributed by atoms with Crippen LogP contribution in [0.1, 0.15) is 31.9 Å². The summed E-state index contributed by atoms with van der Waals surface area (Å²) in [6, 6.07) is 23.9. The van der Waals surface area contributed by atoms with Crippen LogP contribution in [0, 0.1) is 5.82 Å². The van der Waals surface area contributed by atoms with E-state index in [2.05, 4.69) is 5.32 Å². The van der Waals surface area contributed by atoms with Gasteiger partial charge in [0.05, 0.1) is 24.8 Å². The highest BCUT2D eigenvalue weighted by Gasteiger charge is 2.36. The lowest BCUT2D eigenvalue weighted by atomic mass is 10.0. The molecule has 0 spiro atoms. The van der Waals surface area contributed by atoms with Crippen molar-refractivity contribution in [3.05, 3.63) is 119 Å². The molecule has 0 heterocycles. The van der Waals surface area contributed by atoms with Crippen LogP contribution < -0.4 is 19.1 Å². The highest BCUT2D eigenvalue weighted by Crippen LogP contribution is 2.32. The van der Waals surface area contributed by atoms with Crippen LogP contribution in [0.4, 0.5) is 10.1 Å². The van der Waals surface area contributed by atoms with Crippen LogP contribution in [0.3, 0.4) is 0 Å². The van der Waals surface area contributed by atoms with Gasteiger partial charge in [0.2, 0.25) is 11.8 Å². The monoisotopic (exact) mass is 695 g/mol. The van der Waals surface area contributed by atoms with Crippen LogP contribution in [0.5, 0.6) is 11.5 Å². The lowest BCUT2D eigenvalue weighted by Gasteiger charge is -2.35. The van der Waals surface area contributed by atoms with E-state index in [-0.39, 0.29) is 29.3 Å². The SMILES string of the molecule is COc1ccc(S(=O)(=O)N(CC(=O)N(Cc2ccc(Cl)cc2)[C@@H](Cc2ccccc2)C(=O)NC(C)(C)C)c2ccc(F)cc2)cc1OC. The Morgan fingerprint density at radius 2 is 1.48 bits per heavy atom. The number of sulfonamides is 1. The molecule has 0 aromatic heterocycles. The van der Waals surface area contributed by atoms with Crippen LogP contribution in [0.25, 0.3) is 0 Å². The molecule has 0 aliphatic carbocycles. The van der Waals surface area contributed by atoms with E-state index < -0.39 is 45.8 Å². The molecular formula is C36H39ClFN3O6S. The van der Waals surface area contributed by atoms with E-state index in [0.29, 0.717) is 16.3 Å². The van der Waals surface area contributed by atoms with Crippen molar-refractivity contribution in [2.75, 3.05) is 25.1 Å². The number of anilines is 1. The average molecular weight is 696 g/mol. The van der Waals surface area contributed by atoms with Crippen molar-refractivity contribution in [2.24, 2.45) is 0 Å². The van der Waals surface area contributed by atoms with Gasteiger partial charge in [-0.15, -0.1) is 0 Å². The van der Waals surface area contributed by atoms with E-state index in [4.69, 9.17) is 21.1 Å². The maximum Gasteiger partial charge on any atom is 0.264 e. The molecule has 0 aliphatic heterocycles. The third kappa shape index (κ3) is 9.26. The summed E-state index contributed by atoms with van der Waals surface area (Å²) in [5.74, 6) is -1.19. The van der Waals surface area contributed by atoms with Gasteiger partial charge in [0.15, 0.2) is 11.5 Å². The lowest BCUT2D eigenvalue weighted by Crippen LogP contribution is -2.56. The number of ether oxygens (including phenoxy) is 2. The van der Waals surface area contributed by atoms with Crippen molar-refractivity contribution in [1.82, 2.24) is 10.2 Å². The number of hydrogen-bond acceptors (Lipinski definition) is 6. The van der Waals surface area contributed by atoms with E-state index in [9.17, 15) is 22.4 Å². The highest BCUT2D eigenvalue weighted by molar-refractivity contribution is 7.92. The topological polar surface area (TPSA) is 105 Å². The fourth-order valence-electron chi connectivity index (χ4n) is 5.03. The predicted octanol–water partition coefficient (Wildman–Crippen LogP) is 6.25. The van der Waals surface area contributed by atoms with Gasteiger partial charge in [-0.25, -0.2) is 12.8 Å². The van der Waals surface area contributed by atoms with Crippen LogP contribution in [0.15, 0.2) is 102 Å². The van der Waals surface area contributed by atoms with Crippen LogP contribution in [-0.2, 0) is 32.6 Å². The van der Waals surface area contributed by atoms with E-state index in [1.54, 1.807) is 24.3 Å². The fraction of sp³-hybridized carbons (Fsp3) is 0.278. The summed E-state index contributed by atoms with van der Waals surface area (Å²) in [7, 11) is -1.66. The smallest absolute Gasteiger partial charge is 0.264 e. The van der Waals surface area contributed by atoms with E-state index in [0.717, 1.165) is 22.0 Å². The molecule has 2 amide bonds. The molecule has 254 valence electrons. The van der Waals surface area contributed by atoms with Crippen molar-refractivity contribution in [3.63, 3.8) is 0 Å². The Labute approximate surface area is 286 Å². The molecule has 48 heavy (non-hydrogen) atoms. The minimum atomic E-state index is -4.46. The molecule has 1 N–H and O–H groups in total. The minimum Gasteiger partial charge on any atom is -0.493 e. The Morgan fingerprint density at radius 3 is 2.06 bits per heavy atom. The Kier molecular flexibility index (Phi) is 11.7. The summed E-state index contributed by atoms with van der Waals surface area (Å²) < 4.78 is 54.1. The number of nitrogens with zero attached hydrogens (tertiary/aromatic N) is 2. The number of nitrogens with one attached hydrogen (secondary N) is 1. The molecule has 0 radical (unpaired) electrons. The zero-order valence-corrected chi connectivity index (χ0v) is 29.0. The first-order valence-corrected chi connectivity index (χ1v) is 16.9. The number of benzene rings is 4. The molecule has 1 atom stereocenters. The Bertz CT molecular complexity index is 1820. The minimum absolute atomic E-state index is 0.0290. The summed E-state index contributed by atoms with van der Waals surface area (Å²) in [5, 5.41) is 3.48. The van der Waals surface area contributed by atoms with Gasteiger partial charge in [-0.1, -0.05) is 54.1 Å². The van der Waals surface area contributed by atoms with Crippen LogP contribution in [-0.4, -0.2) is 57.5 Å². The Hall–Kier alpha value is -4.61. The van der Waals surface area contributed by atoms with Gasteiger partial charge in [0, 0.05) is 29.6 Å². The lowest BCUT2D eigenvalue weighted by molar-refractivity contribution is -0.140. The molecule has 0 fully saturated rings. The molecule has 4 rings (SSSR count). The Morgan fingerprint density at radius 1 is 0.854 bits per heavy atom. The molecule has 4 aromatic carbocycles. The molecule has 0 aliphatic rings. The number of carbonyl (C=O) groups excluding carboxylic acids is 2. The second-order valence-corrected chi connectivity index (χ2v) is 14.4. The second-order valence-electron chi connectivity index (χ2n) is 12.1. The summed E-state index contributed by atoms with van der Waals surface area (Å²) in [6.07, 6.45) is 0.154. The summed E-state index contributed by atoms with van der Waals surface area (Å²) in [4.78, 5) is 29.7. The highest BCUT2D eigenvalue weighted by atomic mass is 35.5. The molecule has 0 saturated heterocycles. The zero-order valence-electron chi connectivity index (χ0n) is 27.4. The maximum atomic E-state index is 14.6. The van der Waals surface area contributed by atoms with Gasteiger partial charge in [-0.3, -0.25) is 13.9 Å². The first-order chi connectivity index (χ1) is 22.7. The van der Waals surface area contributed by atoms with Crippen molar-refractivity contribution in [2.45, 2.75) is 50.2 Å². The molecule has 0 bridgehead atoms. The summed E-state index contributed by atoms with van der Waals surface area (Å²) >= 11 is 6.14. The molecule has 0 unspecified atom stereocenters. The largest absolute Gasteiger partial charge is 0.493 e. The van der Waals surface area contributed by atoms with Gasteiger partial charge in [-0.05, 0) is 80.4 Å². The predicted molar refractivity (Wildman–Crippen MR) is 184 cm³/mol. The molecular weight excluding hydrogens is 657 g/mol. The van der Waals surface area contributed by atoms with E-state index in [1.807, 2.05) is 51.1 Å². The van der Waals surface area contributed by atoms with Crippen LogP contribution >= 0.6 is 11.6 Å². The molecule has 0 saturated carbocycles. The van der Waals surface area contributed by atoms with E-state index >= 15 is 0 Å². The first-order valence-electron chi connectivity index (χ1n) is 15.1. The van der Waals surface area contributed by atoms with Gasteiger partial charge in [0.25, 0.3) is 10.0 Å². The van der Waals surface area contributed by atoms with Crippen molar-refractivity contribution in [3.8, 4) is 11.5 Å². The molecule has 12 heteroatoms. The number of methoxy groups -OCH3 is 2. The third-order valence-corrected chi connectivity index (χ3v) is 9.39. The van der Waals surface area contributed by atoms with Crippen molar-refractivity contribution < 1.29 is 31.9 Å². The number of amides is 2. The van der Waals surface area contributed by atoms with Crippen molar-refractivity contribution >= 4 is 39.1 Å². The Balaban J connectivity index is 1.83. The van der Waals surface area contributed by atoms with Gasteiger partial charge in [-0.2, -0.15) is 0 Å². The third-order valence-electron chi connectivity index (χ3n) is 7.37. The quantitative estimate of drug-likeness (QED) is 0.177. The average Bonchev–Trinajstić information content (AvgIpc) is 3.05. The summed E-state index contributed by atoms with van der Waals surface area (Å²) in [6.45, 7) is 4.77. The number of halogens is 2. The van der Waals surface area contributed by atoms with Crippen molar-refractivity contribution in [1.29, 1.82) is 0 Å².